The molecule has 1 aromatic heterocycles. The van der Waals surface area contributed by atoms with Crippen LogP contribution in [0.1, 0.15) is 42.4 Å². The fourth-order valence-electron chi connectivity index (χ4n) is 2.18. The Morgan fingerprint density at radius 2 is 1.68 bits per heavy atom. The van der Waals surface area contributed by atoms with E-state index < -0.39 is 0 Å². The predicted octanol–water partition coefficient (Wildman–Crippen LogP) is 3.33. The van der Waals surface area contributed by atoms with E-state index in [4.69, 9.17) is 5.11 Å². The maximum atomic E-state index is 12.9. The molecule has 2 rings (SSSR count). The molecule has 0 bridgehead atoms. The minimum atomic E-state index is -0.207. The van der Waals surface area contributed by atoms with Gasteiger partial charge in [-0.05, 0) is 46.2 Å². The SMILES string of the molecule is CO.Cc1nc2ccccc2c(C(=O)N(C)C(C)(C)C)c1C. The fraction of sp³-hybridized carbons (Fsp3) is 0.444. The Kier molecular flexibility index (Phi) is 5.66. The van der Waals surface area contributed by atoms with E-state index in [1.165, 1.54) is 0 Å². The Morgan fingerprint density at radius 3 is 2.23 bits per heavy atom. The van der Waals surface area contributed by atoms with Crippen LogP contribution < -0.4 is 0 Å². The van der Waals surface area contributed by atoms with Crippen LogP contribution in [0.2, 0.25) is 0 Å². The van der Waals surface area contributed by atoms with Crippen LogP contribution in [-0.2, 0) is 0 Å². The summed E-state index contributed by atoms with van der Waals surface area (Å²) in [5, 5.41) is 7.93. The molecule has 0 spiro atoms. The minimum absolute atomic E-state index is 0.0525. The highest BCUT2D eigenvalue weighted by Gasteiger charge is 2.26. The third kappa shape index (κ3) is 3.45. The summed E-state index contributed by atoms with van der Waals surface area (Å²) in [5.74, 6) is 0.0525. The molecule has 1 amide bonds. The number of fused-ring (bicyclic) bond motifs is 1. The highest BCUT2D eigenvalue weighted by Crippen LogP contribution is 2.26. The topological polar surface area (TPSA) is 53.4 Å². The number of para-hydroxylation sites is 1. The van der Waals surface area contributed by atoms with Gasteiger partial charge in [0.15, 0.2) is 0 Å². The summed E-state index contributed by atoms with van der Waals surface area (Å²) in [7, 11) is 2.85. The molecule has 0 aliphatic rings. The number of hydrogen-bond acceptors (Lipinski definition) is 3. The van der Waals surface area contributed by atoms with Crippen LogP contribution in [0.4, 0.5) is 0 Å². The van der Waals surface area contributed by atoms with Crippen molar-refractivity contribution in [3.05, 3.63) is 41.1 Å². The highest BCUT2D eigenvalue weighted by molar-refractivity contribution is 6.07. The average Bonchev–Trinajstić information content (AvgIpc) is 2.48. The third-order valence-corrected chi connectivity index (χ3v) is 3.90. The number of hydrogen-bond donors (Lipinski definition) is 1. The molecule has 22 heavy (non-hydrogen) atoms. The fourth-order valence-corrected chi connectivity index (χ4v) is 2.18. The zero-order valence-electron chi connectivity index (χ0n) is 14.6. The Hall–Kier alpha value is -1.94. The molecule has 1 heterocycles. The smallest absolute Gasteiger partial charge is 0.255 e. The third-order valence-electron chi connectivity index (χ3n) is 3.90. The second-order valence-corrected chi connectivity index (χ2v) is 6.25. The molecule has 0 radical (unpaired) electrons. The Labute approximate surface area is 132 Å². The van der Waals surface area contributed by atoms with Crippen molar-refractivity contribution in [2.45, 2.75) is 40.2 Å². The van der Waals surface area contributed by atoms with Gasteiger partial charge in [-0.3, -0.25) is 9.78 Å². The lowest BCUT2D eigenvalue weighted by Gasteiger charge is -2.33. The molecule has 4 heteroatoms. The van der Waals surface area contributed by atoms with Crippen LogP contribution in [0.5, 0.6) is 0 Å². The monoisotopic (exact) mass is 302 g/mol. The van der Waals surface area contributed by atoms with Crippen molar-refractivity contribution in [2.75, 3.05) is 14.2 Å². The summed E-state index contributed by atoms with van der Waals surface area (Å²) >= 11 is 0. The number of aliphatic hydroxyl groups excluding tert-OH is 1. The summed E-state index contributed by atoms with van der Waals surface area (Å²) < 4.78 is 0. The van der Waals surface area contributed by atoms with E-state index in [1.807, 2.05) is 65.9 Å². The van der Waals surface area contributed by atoms with Crippen molar-refractivity contribution in [1.82, 2.24) is 9.88 Å². The van der Waals surface area contributed by atoms with Gasteiger partial charge in [0.05, 0.1) is 11.1 Å². The average molecular weight is 302 g/mol. The number of benzene rings is 1. The molecule has 2 aromatic rings. The molecule has 4 nitrogen and oxygen atoms in total. The number of amides is 1. The molecule has 0 aliphatic carbocycles. The molecule has 0 saturated carbocycles. The molecular formula is C18H26N2O2. The largest absolute Gasteiger partial charge is 0.400 e. The van der Waals surface area contributed by atoms with Crippen LogP contribution in [-0.4, -0.2) is 40.6 Å². The van der Waals surface area contributed by atoms with Crippen molar-refractivity contribution in [3.63, 3.8) is 0 Å². The van der Waals surface area contributed by atoms with E-state index in [0.29, 0.717) is 0 Å². The number of carbonyl (C=O) groups is 1. The van der Waals surface area contributed by atoms with Crippen molar-refractivity contribution in [3.8, 4) is 0 Å². The van der Waals surface area contributed by atoms with Gasteiger partial charge in [-0.15, -0.1) is 0 Å². The first-order valence-corrected chi connectivity index (χ1v) is 7.32. The van der Waals surface area contributed by atoms with E-state index in [1.54, 1.807) is 4.90 Å². The Bertz CT molecular complexity index is 673. The summed E-state index contributed by atoms with van der Waals surface area (Å²) in [6.07, 6.45) is 0. The maximum absolute atomic E-state index is 12.9. The van der Waals surface area contributed by atoms with Gasteiger partial charge < -0.3 is 10.0 Å². The number of pyridine rings is 1. The van der Waals surface area contributed by atoms with Gasteiger partial charge in [0, 0.05) is 30.8 Å². The number of aromatic nitrogens is 1. The van der Waals surface area contributed by atoms with E-state index >= 15 is 0 Å². The van der Waals surface area contributed by atoms with Gasteiger partial charge in [-0.25, -0.2) is 0 Å². The molecule has 0 unspecified atom stereocenters. The number of nitrogens with zero attached hydrogens (tertiary/aromatic N) is 2. The van der Waals surface area contributed by atoms with Crippen LogP contribution in [0.3, 0.4) is 0 Å². The molecule has 0 fully saturated rings. The highest BCUT2D eigenvalue weighted by atomic mass is 16.2. The van der Waals surface area contributed by atoms with Gasteiger partial charge in [-0.2, -0.15) is 0 Å². The lowest BCUT2D eigenvalue weighted by molar-refractivity contribution is 0.0657. The lowest BCUT2D eigenvalue weighted by Crippen LogP contribution is -2.42. The van der Waals surface area contributed by atoms with Crippen LogP contribution >= 0.6 is 0 Å². The van der Waals surface area contributed by atoms with Crippen LogP contribution in [0, 0.1) is 13.8 Å². The minimum Gasteiger partial charge on any atom is -0.400 e. The Morgan fingerprint density at radius 1 is 1.14 bits per heavy atom. The molecule has 0 atom stereocenters. The first-order chi connectivity index (χ1) is 10.2. The van der Waals surface area contributed by atoms with Gasteiger partial charge >= 0.3 is 0 Å². The maximum Gasteiger partial charge on any atom is 0.255 e. The zero-order chi connectivity index (χ0) is 17.1. The number of rotatable bonds is 1. The standard InChI is InChI=1S/C17H22N2O.CH4O/c1-11-12(2)18-14-10-8-7-9-13(14)15(11)16(20)19(6)17(3,4)5;1-2/h7-10H,1-6H3;2H,1H3. The quantitative estimate of drug-likeness (QED) is 0.879. The number of carbonyl (C=O) groups excluding carboxylic acids is 1. The van der Waals surface area contributed by atoms with E-state index in [9.17, 15) is 4.79 Å². The summed E-state index contributed by atoms with van der Waals surface area (Å²) in [4.78, 5) is 19.2. The van der Waals surface area contributed by atoms with E-state index in [-0.39, 0.29) is 11.4 Å². The first-order valence-electron chi connectivity index (χ1n) is 7.32. The second kappa shape index (κ2) is 6.88. The molecule has 120 valence electrons. The van der Waals surface area contributed by atoms with Crippen molar-refractivity contribution in [2.24, 2.45) is 0 Å². The molecular weight excluding hydrogens is 276 g/mol. The Balaban J connectivity index is 0.00000116. The summed E-state index contributed by atoms with van der Waals surface area (Å²) in [6, 6.07) is 7.83. The van der Waals surface area contributed by atoms with Crippen molar-refractivity contribution in [1.29, 1.82) is 0 Å². The van der Waals surface area contributed by atoms with Crippen molar-refractivity contribution < 1.29 is 9.90 Å². The van der Waals surface area contributed by atoms with Gasteiger partial charge in [-0.1, -0.05) is 18.2 Å². The molecule has 0 saturated heterocycles. The predicted molar refractivity (Wildman–Crippen MR) is 91.2 cm³/mol. The van der Waals surface area contributed by atoms with Gasteiger partial charge in [0.2, 0.25) is 0 Å². The van der Waals surface area contributed by atoms with E-state index in [0.717, 1.165) is 34.8 Å². The number of aryl methyl sites for hydroxylation is 1. The van der Waals surface area contributed by atoms with Crippen LogP contribution in [0.15, 0.2) is 24.3 Å². The molecule has 0 aliphatic heterocycles. The lowest BCUT2D eigenvalue weighted by atomic mass is 9.98. The normalized spacial score (nSPS) is 10.9. The molecule has 1 N–H and O–H groups in total. The zero-order valence-corrected chi connectivity index (χ0v) is 14.6. The number of aliphatic hydroxyl groups is 1. The summed E-state index contributed by atoms with van der Waals surface area (Å²) in [6.45, 7) is 10.0. The van der Waals surface area contributed by atoms with Gasteiger partial charge in [0.25, 0.3) is 5.91 Å². The molecule has 1 aromatic carbocycles. The van der Waals surface area contributed by atoms with E-state index in [2.05, 4.69) is 4.98 Å². The first kappa shape index (κ1) is 18.1. The second-order valence-electron chi connectivity index (χ2n) is 6.25. The van der Waals surface area contributed by atoms with Crippen LogP contribution in [0.25, 0.3) is 10.9 Å². The summed E-state index contributed by atoms with van der Waals surface area (Å²) in [5.41, 5.74) is 3.31. The van der Waals surface area contributed by atoms with Gasteiger partial charge in [0.1, 0.15) is 0 Å². The van der Waals surface area contributed by atoms with Crippen molar-refractivity contribution >= 4 is 16.8 Å².